The third-order valence-electron chi connectivity index (χ3n) is 4.81. The first-order valence-electron chi connectivity index (χ1n) is 9.81. The van der Waals surface area contributed by atoms with Crippen LogP contribution in [0.1, 0.15) is 31.5 Å². The number of aromatic nitrogens is 4. The van der Waals surface area contributed by atoms with Crippen molar-refractivity contribution in [3.05, 3.63) is 35.7 Å². The van der Waals surface area contributed by atoms with Gasteiger partial charge in [0.1, 0.15) is 10.8 Å². The predicted molar refractivity (Wildman–Crippen MR) is 114 cm³/mol. The summed E-state index contributed by atoms with van der Waals surface area (Å²) in [5.41, 5.74) is 9.69. The van der Waals surface area contributed by atoms with E-state index in [4.69, 9.17) is 15.6 Å². The Balaban J connectivity index is 1.50. The van der Waals surface area contributed by atoms with Crippen molar-refractivity contribution in [1.82, 2.24) is 24.9 Å². The Bertz CT molecular complexity index is 1060. The van der Waals surface area contributed by atoms with Gasteiger partial charge in [-0.3, -0.25) is 9.69 Å². The molecule has 0 amide bonds. The number of rotatable bonds is 7. The SMILES string of the molecule is CC(C)Oc1ccc(-c2nnc(-n3cc4c(n3)CCN(CCC(=O)O)C4)s2)cc1N. The summed E-state index contributed by atoms with van der Waals surface area (Å²) in [5.74, 6) is -0.118. The Morgan fingerprint density at radius 2 is 2.20 bits per heavy atom. The zero-order valence-electron chi connectivity index (χ0n) is 16.9. The minimum atomic E-state index is -0.776. The van der Waals surface area contributed by atoms with Crippen molar-refractivity contribution in [2.75, 3.05) is 18.8 Å². The van der Waals surface area contributed by atoms with E-state index in [1.54, 1.807) is 4.68 Å². The minimum Gasteiger partial charge on any atom is -0.489 e. The number of carboxylic acid groups (broad SMARTS) is 1. The van der Waals surface area contributed by atoms with Crippen LogP contribution in [0.3, 0.4) is 0 Å². The summed E-state index contributed by atoms with van der Waals surface area (Å²) in [6, 6.07) is 5.62. The Labute approximate surface area is 178 Å². The number of hydrogen-bond donors (Lipinski definition) is 2. The molecule has 3 aromatic rings. The molecular formula is C20H24N6O3S. The van der Waals surface area contributed by atoms with Gasteiger partial charge in [0.2, 0.25) is 5.13 Å². The van der Waals surface area contributed by atoms with E-state index >= 15 is 0 Å². The highest BCUT2D eigenvalue weighted by molar-refractivity contribution is 7.17. The van der Waals surface area contributed by atoms with Crippen molar-refractivity contribution in [2.24, 2.45) is 0 Å². The lowest BCUT2D eigenvalue weighted by molar-refractivity contribution is -0.137. The van der Waals surface area contributed by atoms with E-state index in [-0.39, 0.29) is 12.5 Å². The van der Waals surface area contributed by atoms with Gasteiger partial charge in [0.15, 0.2) is 0 Å². The maximum atomic E-state index is 10.8. The van der Waals surface area contributed by atoms with E-state index in [2.05, 4.69) is 20.2 Å². The standard InChI is InChI=1S/C20H24N6O3S/c1-12(2)29-17-4-3-13(9-15(17)21)19-22-23-20(30-19)26-11-14-10-25(8-6-18(27)28)7-5-16(14)24-26/h3-4,9,11-12H,5-8,10,21H2,1-2H3,(H,27,28). The van der Waals surface area contributed by atoms with Gasteiger partial charge in [-0.1, -0.05) is 11.3 Å². The molecule has 0 atom stereocenters. The van der Waals surface area contributed by atoms with Crippen LogP contribution < -0.4 is 10.5 Å². The molecule has 10 heteroatoms. The molecule has 0 saturated carbocycles. The largest absolute Gasteiger partial charge is 0.489 e. The van der Waals surface area contributed by atoms with Gasteiger partial charge in [0, 0.05) is 43.4 Å². The molecule has 0 radical (unpaired) electrons. The lowest BCUT2D eigenvalue weighted by Gasteiger charge is -2.25. The van der Waals surface area contributed by atoms with Crippen LogP contribution in [0.5, 0.6) is 5.75 Å². The number of carboxylic acids is 1. The fourth-order valence-electron chi connectivity index (χ4n) is 3.38. The third-order valence-corrected chi connectivity index (χ3v) is 5.77. The molecule has 30 heavy (non-hydrogen) atoms. The normalized spacial score (nSPS) is 14.1. The predicted octanol–water partition coefficient (Wildman–Crippen LogP) is 2.59. The average molecular weight is 429 g/mol. The van der Waals surface area contributed by atoms with E-state index in [9.17, 15) is 4.79 Å². The number of hydrogen-bond acceptors (Lipinski definition) is 8. The van der Waals surface area contributed by atoms with Crippen molar-refractivity contribution in [3.8, 4) is 21.5 Å². The van der Waals surface area contributed by atoms with Crippen molar-refractivity contribution >= 4 is 23.0 Å². The third kappa shape index (κ3) is 4.44. The number of aliphatic carboxylic acids is 1. The van der Waals surface area contributed by atoms with E-state index in [0.29, 0.717) is 29.7 Å². The first kappa shape index (κ1) is 20.3. The number of fused-ring (bicyclic) bond motifs is 1. The van der Waals surface area contributed by atoms with Crippen molar-refractivity contribution in [1.29, 1.82) is 0 Å². The number of nitrogens with zero attached hydrogens (tertiary/aromatic N) is 5. The highest BCUT2D eigenvalue weighted by Crippen LogP contribution is 2.32. The lowest BCUT2D eigenvalue weighted by atomic mass is 10.1. The van der Waals surface area contributed by atoms with E-state index in [0.717, 1.165) is 34.8 Å². The smallest absolute Gasteiger partial charge is 0.304 e. The summed E-state index contributed by atoms with van der Waals surface area (Å²) in [7, 11) is 0. The summed E-state index contributed by atoms with van der Waals surface area (Å²) in [4.78, 5) is 12.9. The molecule has 0 fully saturated rings. The number of carbonyl (C=O) groups is 1. The lowest BCUT2D eigenvalue weighted by Crippen LogP contribution is -2.31. The molecular weight excluding hydrogens is 404 g/mol. The highest BCUT2D eigenvalue weighted by Gasteiger charge is 2.21. The van der Waals surface area contributed by atoms with Gasteiger partial charge in [0.05, 0.1) is 23.9 Å². The van der Waals surface area contributed by atoms with E-state index in [1.807, 2.05) is 38.2 Å². The average Bonchev–Trinajstić information content (AvgIpc) is 3.34. The van der Waals surface area contributed by atoms with Gasteiger partial charge < -0.3 is 15.6 Å². The van der Waals surface area contributed by atoms with Gasteiger partial charge >= 0.3 is 5.97 Å². The van der Waals surface area contributed by atoms with Gasteiger partial charge in [0.25, 0.3) is 0 Å². The fraction of sp³-hybridized carbons (Fsp3) is 0.400. The second-order valence-electron chi connectivity index (χ2n) is 7.52. The van der Waals surface area contributed by atoms with Gasteiger partial charge in [-0.15, -0.1) is 10.2 Å². The first-order chi connectivity index (χ1) is 14.4. The first-order valence-corrected chi connectivity index (χ1v) is 10.6. The molecule has 1 aliphatic heterocycles. The molecule has 3 heterocycles. The minimum absolute atomic E-state index is 0.0529. The fourth-order valence-corrected chi connectivity index (χ4v) is 4.15. The molecule has 0 saturated heterocycles. The molecule has 1 aliphatic rings. The number of nitrogen functional groups attached to an aromatic ring is 1. The molecule has 3 N–H and O–H groups in total. The van der Waals surface area contributed by atoms with Crippen LogP contribution in [0, 0.1) is 0 Å². The molecule has 4 rings (SSSR count). The van der Waals surface area contributed by atoms with Crippen LogP contribution in [-0.4, -0.2) is 55.1 Å². The number of nitrogens with two attached hydrogens (primary N) is 1. The number of benzene rings is 1. The van der Waals surface area contributed by atoms with E-state index in [1.165, 1.54) is 11.3 Å². The summed E-state index contributed by atoms with van der Waals surface area (Å²) >= 11 is 1.44. The quantitative estimate of drug-likeness (QED) is 0.551. The van der Waals surface area contributed by atoms with Gasteiger partial charge in [-0.05, 0) is 32.0 Å². The summed E-state index contributed by atoms with van der Waals surface area (Å²) in [6.07, 6.45) is 2.95. The second-order valence-corrected chi connectivity index (χ2v) is 8.48. The molecule has 1 aromatic carbocycles. The van der Waals surface area contributed by atoms with Crippen molar-refractivity contribution in [3.63, 3.8) is 0 Å². The number of ether oxygens (including phenoxy) is 1. The topological polar surface area (TPSA) is 119 Å². The van der Waals surface area contributed by atoms with Gasteiger partial charge in [-0.25, -0.2) is 4.68 Å². The van der Waals surface area contributed by atoms with Crippen LogP contribution in [0.2, 0.25) is 0 Å². The zero-order valence-corrected chi connectivity index (χ0v) is 17.7. The molecule has 0 spiro atoms. The zero-order chi connectivity index (χ0) is 21.3. The van der Waals surface area contributed by atoms with Crippen molar-refractivity contribution in [2.45, 2.75) is 39.3 Å². The van der Waals surface area contributed by atoms with E-state index < -0.39 is 5.97 Å². The Kier molecular flexibility index (Phi) is 5.69. The molecule has 9 nitrogen and oxygen atoms in total. The van der Waals surface area contributed by atoms with Crippen molar-refractivity contribution < 1.29 is 14.6 Å². The van der Waals surface area contributed by atoms with Crippen LogP contribution in [-0.2, 0) is 17.8 Å². The maximum absolute atomic E-state index is 10.8. The molecule has 0 aliphatic carbocycles. The Morgan fingerprint density at radius 1 is 1.37 bits per heavy atom. The Hall–Kier alpha value is -2.98. The monoisotopic (exact) mass is 428 g/mol. The highest BCUT2D eigenvalue weighted by atomic mass is 32.1. The van der Waals surface area contributed by atoms with Crippen LogP contribution in [0.4, 0.5) is 5.69 Å². The summed E-state index contributed by atoms with van der Waals surface area (Å²) < 4.78 is 7.44. The Morgan fingerprint density at radius 3 is 2.93 bits per heavy atom. The van der Waals surface area contributed by atoms with Crippen LogP contribution in [0.15, 0.2) is 24.4 Å². The molecule has 2 aromatic heterocycles. The van der Waals surface area contributed by atoms with Gasteiger partial charge in [-0.2, -0.15) is 5.10 Å². The number of anilines is 1. The second kappa shape index (κ2) is 8.41. The maximum Gasteiger partial charge on any atom is 0.304 e. The summed E-state index contributed by atoms with van der Waals surface area (Å²) in [6.45, 7) is 5.96. The molecule has 158 valence electrons. The van der Waals surface area contributed by atoms with Crippen LogP contribution in [0.25, 0.3) is 15.7 Å². The summed E-state index contributed by atoms with van der Waals surface area (Å²) in [5, 5.41) is 23.6. The molecule has 0 unspecified atom stereocenters. The van der Waals surface area contributed by atoms with Crippen LogP contribution >= 0.6 is 11.3 Å². The molecule has 0 bridgehead atoms.